The minimum atomic E-state index is -3.83. The van der Waals surface area contributed by atoms with E-state index in [9.17, 15) is 31.9 Å². The van der Waals surface area contributed by atoms with Crippen molar-refractivity contribution in [1.82, 2.24) is 10.0 Å². The Morgan fingerprint density at radius 2 is 1.77 bits per heavy atom. The number of amides is 1. The molecule has 0 spiro atoms. The van der Waals surface area contributed by atoms with Crippen molar-refractivity contribution < 1.29 is 37.0 Å². The molecule has 3 aromatic carbocycles. The van der Waals surface area contributed by atoms with Crippen molar-refractivity contribution in [2.45, 2.75) is 37.2 Å². The van der Waals surface area contributed by atoms with Gasteiger partial charge in [-0.05, 0) is 77.9 Å². The number of aryl methyl sites for hydroxylation is 1. The second-order valence-electron chi connectivity index (χ2n) is 9.66. The van der Waals surface area contributed by atoms with E-state index >= 15 is 0 Å². The van der Waals surface area contributed by atoms with Crippen LogP contribution in [0.15, 0.2) is 59.5 Å². The van der Waals surface area contributed by atoms with Gasteiger partial charge in [-0.15, -0.1) is 0 Å². The second-order valence-corrected chi connectivity index (χ2v) is 11.2. The summed E-state index contributed by atoms with van der Waals surface area (Å²) in [5.41, 5.74) is 2.15. The molecule has 1 aliphatic heterocycles. The Kier molecular flexibility index (Phi) is 8.64. The largest absolute Gasteiger partial charge is 0.477 e. The summed E-state index contributed by atoms with van der Waals surface area (Å²) in [6.07, 6.45) is -0.176. The highest BCUT2D eigenvalue weighted by Crippen LogP contribution is 2.29. The molecule has 0 radical (unpaired) electrons. The van der Waals surface area contributed by atoms with E-state index < -0.39 is 39.3 Å². The zero-order chi connectivity index (χ0) is 29.2. The molecule has 212 valence electrons. The number of halogens is 2. The first-order valence-electron chi connectivity index (χ1n) is 12.5. The molecule has 1 amide bonds. The molecule has 9 nitrogen and oxygen atoms in total. The van der Waals surface area contributed by atoms with Gasteiger partial charge in [0.15, 0.2) is 0 Å². The minimum absolute atomic E-state index is 0.0159. The van der Waals surface area contributed by atoms with Gasteiger partial charge in [-0.2, -0.15) is 0 Å². The van der Waals surface area contributed by atoms with Gasteiger partial charge >= 0.3 is 5.97 Å². The van der Waals surface area contributed by atoms with E-state index in [0.717, 1.165) is 23.3 Å². The van der Waals surface area contributed by atoms with Crippen LogP contribution in [-0.2, 0) is 21.2 Å². The Hall–Kier alpha value is -3.71. The molecule has 4 rings (SSSR count). The summed E-state index contributed by atoms with van der Waals surface area (Å²) in [5.74, 6) is -4.19. The number of nitrogens with zero attached hydrogens (tertiary/aromatic N) is 2. The molecule has 1 saturated heterocycles. The van der Waals surface area contributed by atoms with Crippen molar-refractivity contribution in [1.29, 1.82) is 0 Å². The van der Waals surface area contributed by atoms with Crippen molar-refractivity contribution in [3.63, 3.8) is 0 Å². The zero-order valence-electron chi connectivity index (χ0n) is 21.7. The molecule has 1 aliphatic rings. The van der Waals surface area contributed by atoms with Crippen LogP contribution in [0.1, 0.15) is 46.0 Å². The number of nitrogens with two attached hydrogens (primary N) is 1. The number of rotatable bonds is 10. The van der Waals surface area contributed by atoms with Gasteiger partial charge in [0.05, 0.1) is 11.0 Å². The monoisotopic (exact) mass is 573 g/mol. The number of carboxylic acids is 1. The van der Waals surface area contributed by atoms with Gasteiger partial charge < -0.3 is 10.2 Å². The summed E-state index contributed by atoms with van der Waals surface area (Å²) in [4.78, 5) is 23.5. The predicted molar refractivity (Wildman–Crippen MR) is 142 cm³/mol. The van der Waals surface area contributed by atoms with Crippen LogP contribution < -0.4 is 5.14 Å². The maximum Gasteiger partial charge on any atom is 0.341 e. The van der Waals surface area contributed by atoms with Crippen LogP contribution in [0.25, 0.3) is 11.1 Å². The Bertz CT molecular complexity index is 1540. The average Bonchev–Trinajstić information content (AvgIpc) is 3.23. The number of aliphatic hydroxyl groups excluding tert-OH is 1. The number of hydrazine groups is 1. The Balaban J connectivity index is 1.41. The lowest BCUT2D eigenvalue weighted by Crippen LogP contribution is -2.41. The first-order valence-corrected chi connectivity index (χ1v) is 14.1. The Morgan fingerprint density at radius 1 is 1.07 bits per heavy atom. The number of carbonyl (C=O) groups is 2. The number of hydrogen-bond acceptors (Lipinski definition) is 6. The van der Waals surface area contributed by atoms with Crippen molar-refractivity contribution in [2.75, 3.05) is 19.6 Å². The molecule has 0 saturated carbocycles. The van der Waals surface area contributed by atoms with E-state index in [-0.39, 0.29) is 35.8 Å². The smallest absolute Gasteiger partial charge is 0.341 e. The summed E-state index contributed by atoms with van der Waals surface area (Å²) in [7, 11) is -3.83. The van der Waals surface area contributed by atoms with E-state index in [1.165, 1.54) is 17.1 Å². The third-order valence-electron chi connectivity index (χ3n) is 6.91. The SMILES string of the molecule is Cc1cc(S(N)(=O)=O)ccc1-c1cccc(C(O)CCN2CCC(=O)N2CCc2cc(F)c(C(=O)O)c(F)c2)c1. The van der Waals surface area contributed by atoms with Crippen LogP contribution in [0.2, 0.25) is 0 Å². The number of aliphatic hydroxyl groups is 1. The number of carbonyl (C=O) groups excluding carboxylic acids is 1. The van der Waals surface area contributed by atoms with Crippen LogP contribution in [0.5, 0.6) is 0 Å². The van der Waals surface area contributed by atoms with Crippen molar-refractivity contribution in [3.8, 4) is 11.1 Å². The van der Waals surface area contributed by atoms with E-state index in [1.54, 1.807) is 30.1 Å². The number of primary sulfonamides is 1. The van der Waals surface area contributed by atoms with Crippen LogP contribution >= 0.6 is 0 Å². The second kappa shape index (κ2) is 11.8. The quantitative estimate of drug-likeness (QED) is 0.338. The third kappa shape index (κ3) is 6.53. The number of sulfonamides is 1. The zero-order valence-corrected chi connectivity index (χ0v) is 22.5. The Labute approximate surface area is 230 Å². The lowest BCUT2D eigenvalue weighted by molar-refractivity contribution is -0.138. The molecule has 12 heteroatoms. The van der Waals surface area contributed by atoms with Crippen LogP contribution in [0.4, 0.5) is 8.78 Å². The molecule has 40 heavy (non-hydrogen) atoms. The average molecular weight is 574 g/mol. The molecule has 1 unspecified atom stereocenters. The lowest BCUT2D eigenvalue weighted by Gasteiger charge is -2.29. The van der Waals surface area contributed by atoms with Crippen LogP contribution in [-0.4, -0.2) is 60.2 Å². The van der Waals surface area contributed by atoms with Crippen molar-refractivity contribution >= 4 is 21.9 Å². The molecule has 0 aliphatic carbocycles. The highest BCUT2D eigenvalue weighted by molar-refractivity contribution is 7.89. The predicted octanol–water partition coefficient (Wildman–Crippen LogP) is 3.40. The number of carboxylic acid groups (broad SMARTS) is 1. The van der Waals surface area contributed by atoms with Gasteiger partial charge in [0.1, 0.15) is 17.2 Å². The first-order chi connectivity index (χ1) is 18.8. The molecule has 3 aromatic rings. The molecular weight excluding hydrogens is 544 g/mol. The van der Waals surface area contributed by atoms with Gasteiger partial charge in [0.25, 0.3) is 0 Å². The van der Waals surface area contributed by atoms with E-state index in [2.05, 4.69) is 0 Å². The van der Waals surface area contributed by atoms with Crippen LogP contribution in [0.3, 0.4) is 0 Å². The molecule has 4 N–H and O–H groups in total. The van der Waals surface area contributed by atoms with Gasteiger partial charge in [0.2, 0.25) is 15.9 Å². The fourth-order valence-corrected chi connectivity index (χ4v) is 5.43. The lowest BCUT2D eigenvalue weighted by atomic mass is 9.96. The fourth-order valence-electron chi connectivity index (χ4n) is 4.83. The number of hydrogen-bond donors (Lipinski definition) is 3. The number of aromatic carboxylic acids is 1. The molecule has 0 bridgehead atoms. The third-order valence-corrected chi connectivity index (χ3v) is 7.82. The summed E-state index contributed by atoms with van der Waals surface area (Å²) in [5, 5.41) is 28.3. The molecule has 1 fully saturated rings. The van der Waals surface area contributed by atoms with Gasteiger partial charge in [-0.25, -0.2) is 32.1 Å². The standard InChI is InChI=1S/C28H29F2N3O6S/c1-17-13-21(40(31,38)39)5-6-22(17)19-3-2-4-20(16-19)25(34)8-10-32-11-9-26(35)33(32)12-7-18-14-23(29)27(28(36)37)24(30)15-18/h2-6,13-16,25,34H,7-12H2,1H3,(H,36,37)(H2,31,38,39). The number of benzene rings is 3. The van der Waals surface area contributed by atoms with Crippen molar-refractivity contribution in [2.24, 2.45) is 5.14 Å². The van der Waals surface area contributed by atoms with E-state index in [4.69, 9.17) is 10.2 Å². The van der Waals surface area contributed by atoms with Crippen molar-refractivity contribution in [3.05, 3.63) is 88.5 Å². The van der Waals surface area contributed by atoms with Gasteiger partial charge in [0, 0.05) is 26.1 Å². The van der Waals surface area contributed by atoms with E-state index in [1.807, 2.05) is 12.1 Å². The molecule has 1 atom stereocenters. The molecule has 0 aromatic heterocycles. The van der Waals surface area contributed by atoms with E-state index in [0.29, 0.717) is 30.6 Å². The van der Waals surface area contributed by atoms with Crippen LogP contribution in [0, 0.1) is 18.6 Å². The summed E-state index contributed by atoms with van der Waals surface area (Å²) < 4.78 is 51.4. The summed E-state index contributed by atoms with van der Waals surface area (Å²) in [6, 6.07) is 13.8. The fraction of sp³-hybridized carbons (Fsp3) is 0.286. The Morgan fingerprint density at radius 3 is 2.40 bits per heavy atom. The summed E-state index contributed by atoms with van der Waals surface area (Å²) >= 11 is 0. The first kappa shape index (κ1) is 29.3. The normalized spacial score (nSPS) is 15.0. The maximum absolute atomic E-state index is 14.0. The highest BCUT2D eigenvalue weighted by Gasteiger charge is 2.29. The minimum Gasteiger partial charge on any atom is -0.477 e. The molecular formula is C28H29F2N3O6S. The highest BCUT2D eigenvalue weighted by atomic mass is 32.2. The maximum atomic E-state index is 14.0. The van der Waals surface area contributed by atoms with Gasteiger partial charge in [-0.1, -0.05) is 24.3 Å². The molecule has 1 heterocycles. The summed E-state index contributed by atoms with van der Waals surface area (Å²) in [6.45, 7) is 2.70. The van der Waals surface area contributed by atoms with Gasteiger partial charge in [-0.3, -0.25) is 9.80 Å². The topological polar surface area (TPSA) is 141 Å².